The first-order valence-electron chi connectivity index (χ1n) is 7.43. The average Bonchev–Trinajstić information content (AvgIpc) is 2.90. The molecule has 1 aromatic heterocycles. The Morgan fingerprint density at radius 2 is 2.13 bits per heavy atom. The van der Waals surface area contributed by atoms with Gasteiger partial charge >= 0.3 is 11.9 Å². The number of halogens is 1. The highest BCUT2D eigenvalue weighted by atomic mass is 35.5. The quantitative estimate of drug-likeness (QED) is 0.798. The normalized spacial score (nSPS) is 20.5. The van der Waals surface area contributed by atoms with Crippen LogP contribution in [0.1, 0.15) is 24.4 Å². The molecule has 122 valence electrons. The fourth-order valence-corrected chi connectivity index (χ4v) is 3.44. The molecule has 0 bridgehead atoms. The van der Waals surface area contributed by atoms with E-state index in [9.17, 15) is 19.8 Å². The van der Waals surface area contributed by atoms with Crippen LogP contribution in [0, 0.1) is 5.92 Å². The van der Waals surface area contributed by atoms with Gasteiger partial charge in [0.05, 0.1) is 5.92 Å². The molecule has 3 rings (SSSR count). The van der Waals surface area contributed by atoms with Crippen LogP contribution in [0.15, 0.2) is 24.4 Å². The molecule has 0 radical (unpaired) electrons. The van der Waals surface area contributed by atoms with Gasteiger partial charge in [-0.25, -0.2) is 0 Å². The van der Waals surface area contributed by atoms with Gasteiger partial charge in [-0.05, 0) is 37.6 Å². The summed E-state index contributed by atoms with van der Waals surface area (Å²) in [6.45, 7) is 0.799. The first-order chi connectivity index (χ1) is 11.0. The molecule has 0 aliphatic carbocycles. The van der Waals surface area contributed by atoms with Crippen molar-refractivity contribution in [3.05, 3.63) is 35.0 Å². The molecule has 0 unspecified atom stereocenters. The van der Waals surface area contributed by atoms with Crippen LogP contribution in [-0.2, 0) is 9.59 Å². The van der Waals surface area contributed by atoms with Gasteiger partial charge < -0.3 is 15.2 Å². The van der Waals surface area contributed by atoms with Crippen molar-refractivity contribution in [2.24, 2.45) is 5.92 Å². The van der Waals surface area contributed by atoms with E-state index in [1.165, 1.54) is 0 Å². The maximum absolute atomic E-state index is 11.9. The number of piperidine rings is 1. The highest BCUT2D eigenvalue weighted by molar-refractivity contribution is 6.31. The second kappa shape index (κ2) is 6.22. The van der Waals surface area contributed by atoms with E-state index in [1.807, 2.05) is 0 Å². The number of hydrogen-bond acceptors (Lipinski definition) is 3. The van der Waals surface area contributed by atoms with Crippen molar-refractivity contribution >= 4 is 34.4 Å². The molecule has 1 aliphatic heterocycles. The average molecular weight is 337 g/mol. The van der Waals surface area contributed by atoms with Gasteiger partial charge in [0.1, 0.15) is 6.04 Å². The van der Waals surface area contributed by atoms with E-state index >= 15 is 0 Å². The fourth-order valence-electron chi connectivity index (χ4n) is 3.27. The van der Waals surface area contributed by atoms with Crippen LogP contribution < -0.4 is 0 Å². The van der Waals surface area contributed by atoms with Crippen LogP contribution in [-0.4, -0.2) is 45.1 Å². The maximum Gasteiger partial charge on any atom is 0.325 e. The summed E-state index contributed by atoms with van der Waals surface area (Å²) in [5, 5.41) is 20.2. The topological polar surface area (TPSA) is 93.6 Å². The van der Waals surface area contributed by atoms with Gasteiger partial charge in [0.15, 0.2) is 0 Å². The van der Waals surface area contributed by atoms with Gasteiger partial charge in [0.2, 0.25) is 0 Å². The van der Waals surface area contributed by atoms with Gasteiger partial charge in [-0.15, -0.1) is 0 Å². The second-order valence-corrected chi connectivity index (χ2v) is 6.28. The summed E-state index contributed by atoms with van der Waals surface area (Å²) in [4.78, 5) is 27.9. The van der Waals surface area contributed by atoms with E-state index in [0.29, 0.717) is 30.0 Å². The van der Waals surface area contributed by atoms with E-state index in [4.69, 9.17) is 11.6 Å². The van der Waals surface area contributed by atoms with Crippen molar-refractivity contribution in [1.29, 1.82) is 0 Å². The number of fused-ring (bicyclic) bond motifs is 1. The minimum atomic E-state index is -0.989. The number of carbonyl (C=O) groups is 2. The molecule has 2 heterocycles. The molecular formula is C16H17ClN2O4. The number of rotatable bonds is 4. The number of carboxylic acid groups (broad SMARTS) is 2. The van der Waals surface area contributed by atoms with Crippen LogP contribution in [0.25, 0.3) is 10.9 Å². The highest BCUT2D eigenvalue weighted by Crippen LogP contribution is 2.33. The Bertz CT molecular complexity index is 758. The third-order valence-corrected chi connectivity index (χ3v) is 4.61. The van der Waals surface area contributed by atoms with Crippen LogP contribution >= 0.6 is 11.6 Å². The third-order valence-electron chi connectivity index (χ3n) is 4.37. The molecule has 1 fully saturated rings. The van der Waals surface area contributed by atoms with Gasteiger partial charge in [-0.1, -0.05) is 11.6 Å². The predicted molar refractivity (Wildman–Crippen MR) is 85.6 cm³/mol. The second-order valence-electron chi connectivity index (χ2n) is 5.85. The molecule has 2 atom stereocenters. The van der Waals surface area contributed by atoms with E-state index in [-0.39, 0.29) is 6.54 Å². The number of nitrogens with zero attached hydrogens (tertiary/aromatic N) is 1. The van der Waals surface area contributed by atoms with E-state index in [0.717, 1.165) is 10.9 Å². The summed E-state index contributed by atoms with van der Waals surface area (Å²) in [5.41, 5.74) is 1.42. The minimum Gasteiger partial charge on any atom is -0.481 e. The van der Waals surface area contributed by atoms with Crippen molar-refractivity contribution in [1.82, 2.24) is 9.88 Å². The zero-order valence-corrected chi connectivity index (χ0v) is 13.1. The van der Waals surface area contributed by atoms with Crippen LogP contribution in [0.3, 0.4) is 0 Å². The first-order valence-corrected chi connectivity index (χ1v) is 7.81. The summed E-state index contributed by atoms with van der Waals surface area (Å²) >= 11 is 6.03. The number of likely N-dealkylation sites (tertiary alicyclic amines) is 1. The van der Waals surface area contributed by atoms with Crippen LogP contribution in [0.5, 0.6) is 0 Å². The lowest BCUT2D eigenvalue weighted by molar-refractivity contribution is -0.149. The largest absolute Gasteiger partial charge is 0.481 e. The van der Waals surface area contributed by atoms with Gasteiger partial charge in [-0.2, -0.15) is 0 Å². The maximum atomic E-state index is 11.9. The molecule has 0 spiro atoms. The molecule has 6 nitrogen and oxygen atoms in total. The Kier molecular flexibility index (Phi) is 4.28. The predicted octanol–water partition coefficient (Wildman–Crippen LogP) is 2.74. The van der Waals surface area contributed by atoms with Crippen molar-refractivity contribution in [2.45, 2.75) is 18.9 Å². The molecule has 0 saturated carbocycles. The molecule has 3 N–H and O–H groups in total. The molecule has 1 aromatic carbocycles. The highest BCUT2D eigenvalue weighted by Gasteiger charge is 2.35. The molecule has 1 saturated heterocycles. The number of hydrogen-bond donors (Lipinski definition) is 3. The Hall–Kier alpha value is -2.05. The lowest BCUT2D eigenvalue weighted by atomic mass is 9.94. The van der Waals surface area contributed by atoms with Gasteiger partial charge in [-0.3, -0.25) is 14.5 Å². The lowest BCUT2D eigenvalue weighted by Gasteiger charge is -2.34. The monoisotopic (exact) mass is 336 g/mol. The van der Waals surface area contributed by atoms with Crippen LogP contribution in [0.2, 0.25) is 5.02 Å². The molecule has 2 aromatic rings. The molecule has 0 amide bonds. The third kappa shape index (κ3) is 3.04. The Balaban J connectivity index is 1.99. The van der Waals surface area contributed by atoms with Gasteiger partial charge in [0, 0.05) is 34.2 Å². The summed E-state index contributed by atoms with van der Waals surface area (Å²) in [7, 11) is 0. The number of aliphatic carboxylic acids is 2. The van der Waals surface area contributed by atoms with Crippen molar-refractivity contribution in [2.75, 3.05) is 13.1 Å². The molecular weight excluding hydrogens is 320 g/mol. The molecule has 7 heteroatoms. The SMILES string of the molecule is O=C(O)[C@@H]1CCCN([C@H](C(=O)O)c2c[nH]c3ccc(Cl)cc23)C1. The summed E-state index contributed by atoms with van der Waals surface area (Å²) < 4.78 is 0. The van der Waals surface area contributed by atoms with E-state index < -0.39 is 23.9 Å². The number of carboxylic acids is 2. The van der Waals surface area contributed by atoms with E-state index in [2.05, 4.69) is 4.98 Å². The van der Waals surface area contributed by atoms with Crippen LogP contribution in [0.4, 0.5) is 0 Å². The van der Waals surface area contributed by atoms with Gasteiger partial charge in [0.25, 0.3) is 0 Å². The number of aromatic nitrogens is 1. The number of nitrogens with one attached hydrogen (secondary N) is 1. The fraction of sp³-hybridized carbons (Fsp3) is 0.375. The molecule has 1 aliphatic rings. The number of benzene rings is 1. The number of H-pyrrole nitrogens is 1. The van der Waals surface area contributed by atoms with Crippen molar-refractivity contribution in [3.63, 3.8) is 0 Å². The Morgan fingerprint density at radius 1 is 1.35 bits per heavy atom. The summed E-state index contributed by atoms with van der Waals surface area (Å²) in [5.74, 6) is -2.39. The standard InChI is InChI=1S/C16H17ClN2O4/c17-10-3-4-13-11(6-10)12(7-18-13)14(16(22)23)19-5-1-2-9(8-19)15(20)21/h3-4,6-7,9,14,18H,1-2,5,8H2,(H,20,21)(H,22,23)/t9-,14+/m1/s1. The smallest absolute Gasteiger partial charge is 0.325 e. The lowest BCUT2D eigenvalue weighted by Crippen LogP contribution is -2.43. The minimum absolute atomic E-state index is 0.236. The zero-order valence-electron chi connectivity index (χ0n) is 12.3. The van der Waals surface area contributed by atoms with Crippen molar-refractivity contribution < 1.29 is 19.8 Å². The number of aromatic amines is 1. The Labute approximate surface area is 137 Å². The molecule has 23 heavy (non-hydrogen) atoms. The van der Waals surface area contributed by atoms with E-state index in [1.54, 1.807) is 29.3 Å². The summed E-state index contributed by atoms with van der Waals surface area (Å²) in [6, 6.07) is 4.39. The first kappa shape index (κ1) is 15.8. The van der Waals surface area contributed by atoms with Crippen molar-refractivity contribution in [3.8, 4) is 0 Å². The Morgan fingerprint density at radius 3 is 2.83 bits per heavy atom. The summed E-state index contributed by atoms with van der Waals surface area (Å²) in [6.07, 6.45) is 2.92. The zero-order chi connectivity index (χ0) is 16.6.